The number of nitrogens with one attached hydrogen (secondary N) is 1. The predicted molar refractivity (Wildman–Crippen MR) is 127 cm³/mol. The Kier molecular flexibility index (Phi) is 7.49. The minimum absolute atomic E-state index is 0.0587. The number of pyridine rings is 1. The molecule has 4 rings (SSSR count). The van der Waals surface area contributed by atoms with Gasteiger partial charge in [-0.2, -0.15) is 4.73 Å². The summed E-state index contributed by atoms with van der Waals surface area (Å²) in [6, 6.07) is 10.3. The molecule has 188 valence electrons. The molecule has 2 aromatic carbocycles. The molecule has 1 aliphatic carbocycles. The summed E-state index contributed by atoms with van der Waals surface area (Å²) in [5, 5.41) is 24.4. The summed E-state index contributed by atoms with van der Waals surface area (Å²) < 4.78 is 42.1. The second-order valence-electron chi connectivity index (χ2n) is 8.75. The van der Waals surface area contributed by atoms with E-state index >= 15 is 0 Å². The van der Waals surface area contributed by atoms with Crippen molar-refractivity contribution in [1.82, 2.24) is 0 Å². The Bertz CT molecular complexity index is 1300. The molecule has 1 aliphatic rings. The first-order valence-corrected chi connectivity index (χ1v) is 11.7. The number of carbonyl (C=O) groups excluding carboxylic acids is 1. The number of aromatic nitrogens is 1. The number of nitrogens with zero attached hydrogens (tertiary/aromatic N) is 1. The standard InChI is InChI=1S/C26H22ClF3N2O4/c27-20-10-9-18(24(29)30)22(23(20)28)16-6-11-21(32(36)13-16)19(12-14-2-1-3-14)25(33)31-17-7-4-15(5-8-17)26(34)35/h4-11,13-14,19,24H,1-3,12H2,(H,31,33)(H,34,35). The van der Waals surface area contributed by atoms with Crippen molar-refractivity contribution >= 4 is 29.2 Å². The van der Waals surface area contributed by atoms with E-state index in [0.29, 0.717) is 16.8 Å². The molecule has 1 atom stereocenters. The molecule has 2 N–H and O–H groups in total. The minimum atomic E-state index is -2.99. The van der Waals surface area contributed by atoms with Gasteiger partial charge in [0.25, 0.3) is 6.43 Å². The fourth-order valence-corrected chi connectivity index (χ4v) is 4.46. The Morgan fingerprint density at radius 1 is 1.11 bits per heavy atom. The summed E-state index contributed by atoms with van der Waals surface area (Å²) in [5.41, 5.74) is -0.642. The number of amides is 1. The average Bonchev–Trinajstić information content (AvgIpc) is 2.80. The Hall–Kier alpha value is -3.59. The van der Waals surface area contributed by atoms with Gasteiger partial charge in [-0.15, -0.1) is 0 Å². The number of alkyl halides is 2. The van der Waals surface area contributed by atoms with Crippen LogP contribution < -0.4 is 10.0 Å². The van der Waals surface area contributed by atoms with Gasteiger partial charge in [-0.3, -0.25) is 4.79 Å². The maximum Gasteiger partial charge on any atom is 0.335 e. The highest BCUT2D eigenvalue weighted by atomic mass is 35.5. The van der Waals surface area contributed by atoms with Gasteiger partial charge in [0.05, 0.1) is 16.1 Å². The fraction of sp³-hybridized carbons (Fsp3) is 0.269. The van der Waals surface area contributed by atoms with E-state index < -0.39 is 41.2 Å². The molecule has 10 heteroatoms. The second-order valence-corrected chi connectivity index (χ2v) is 9.16. The molecule has 3 aromatic rings. The van der Waals surface area contributed by atoms with Crippen molar-refractivity contribution in [3.05, 3.63) is 87.6 Å². The molecule has 6 nitrogen and oxygen atoms in total. The number of aromatic carboxylic acids is 1. The molecule has 0 radical (unpaired) electrons. The third-order valence-corrected chi connectivity index (χ3v) is 6.75. The molecule has 36 heavy (non-hydrogen) atoms. The smallest absolute Gasteiger partial charge is 0.335 e. The normalized spacial score (nSPS) is 14.4. The summed E-state index contributed by atoms with van der Waals surface area (Å²) in [7, 11) is 0. The van der Waals surface area contributed by atoms with Crippen LogP contribution in [0.2, 0.25) is 5.02 Å². The van der Waals surface area contributed by atoms with Gasteiger partial charge in [0, 0.05) is 22.9 Å². The molecule has 1 saturated carbocycles. The lowest BCUT2D eigenvalue weighted by Gasteiger charge is -2.28. The van der Waals surface area contributed by atoms with E-state index in [9.17, 15) is 28.0 Å². The number of rotatable bonds is 8. The van der Waals surface area contributed by atoms with Crippen molar-refractivity contribution in [2.45, 2.75) is 38.0 Å². The fourth-order valence-electron chi connectivity index (χ4n) is 4.30. The molecule has 0 saturated heterocycles. The van der Waals surface area contributed by atoms with E-state index in [1.165, 1.54) is 36.4 Å². The quantitative estimate of drug-likeness (QED) is 0.269. The van der Waals surface area contributed by atoms with Gasteiger partial charge >= 0.3 is 5.97 Å². The number of carboxylic acids is 1. The zero-order chi connectivity index (χ0) is 26.0. The highest BCUT2D eigenvalue weighted by Crippen LogP contribution is 2.38. The number of anilines is 1. The molecular formula is C26H22ClF3N2O4. The number of hydrogen-bond acceptors (Lipinski definition) is 3. The summed E-state index contributed by atoms with van der Waals surface area (Å²) >= 11 is 5.80. The molecule has 1 fully saturated rings. The highest BCUT2D eigenvalue weighted by molar-refractivity contribution is 6.31. The monoisotopic (exact) mass is 518 g/mol. The van der Waals surface area contributed by atoms with E-state index in [4.69, 9.17) is 16.7 Å². The van der Waals surface area contributed by atoms with E-state index in [2.05, 4.69) is 5.32 Å². The van der Waals surface area contributed by atoms with Gasteiger partial charge in [-0.25, -0.2) is 18.0 Å². The van der Waals surface area contributed by atoms with Crippen molar-refractivity contribution in [3.8, 4) is 11.1 Å². The molecule has 1 heterocycles. The van der Waals surface area contributed by atoms with Crippen LogP contribution in [0.4, 0.5) is 18.9 Å². The van der Waals surface area contributed by atoms with Crippen LogP contribution in [0.3, 0.4) is 0 Å². The zero-order valence-corrected chi connectivity index (χ0v) is 19.6. The van der Waals surface area contributed by atoms with Crippen LogP contribution in [0.5, 0.6) is 0 Å². The minimum Gasteiger partial charge on any atom is -0.618 e. The van der Waals surface area contributed by atoms with Crippen LogP contribution in [0.1, 0.15) is 59.6 Å². The number of carbonyl (C=O) groups is 2. The lowest BCUT2D eigenvalue weighted by molar-refractivity contribution is -0.614. The van der Waals surface area contributed by atoms with Crippen molar-refractivity contribution in [2.24, 2.45) is 5.92 Å². The summed E-state index contributed by atoms with van der Waals surface area (Å²) in [5.74, 6) is -3.25. The number of halogens is 4. The third-order valence-electron chi connectivity index (χ3n) is 6.46. The largest absolute Gasteiger partial charge is 0.618 e. The molecule has 1 amide bonds. The molecular weight excluding hydrogens is 497 g/mol. The Morgan fingerprint density at radius 3 is 2.36 bits per heavy atom. The van der Waals surface area contributed by atoms with Crippen molar-refractivity contribution in [3.63, 3.8) is 0 Å². The van der Waals surface area contributed by atoms with Crippen molar-refractivity contribution < 1.29 is 32.6 Å². The number of carboxylic acid groups (broad SMARTS) is 1. The zero-order valence-electron chi connectivity index (χ0n) is 18.9. The average molecular weight is 519 g/mol. The molecule has 0 spiro atoms. The predicted octanol–water partition coefficient (Wildman–Crippen LogP) is 6.33. The van der Waals surface area contributed by atoms with Crippen LogP contribution in [0.15, 0.2) is 54.7 Å². The van der Waals surface area contributed by atoms with Gasteiger partial charge in [0.15, 0.2) is 6.20 Å². The summed E-state index contributed by atoms with van der Waals surface area (Å²) in [6.07, 6.45) is 1.24. The lowest BCUT2D eigenvalue weighted by Crippen LogP contribution is -2.38. The van der Waals surface area contributed by atoms with E-state index in [1.54, 1.807) is 0 Å². The number of hydrogen-bond donors (Lipinski definition) is 2. The van der Waals surface area contributed by atoms with Crippen LogP contribution in [-0.4, -0.2) is 17.0 Å². The van der Waals surface area contributed by atoms with Crippen LogP contribution in [0.25, 0.3) is 11.1 Å². The van der Waals surface area contributed by atoms with Crippen LogP contribution in [0, 0.1) is 16.9 Å². The lowest BCUT2D eigenvalue weighted by atomic mass is 9.77. The molecule has 1 unspecified atom stereocenters. The van der Waals surface area contributed by atoms with Gasteiger partial charge in [-0.05, 0) is 48.7 Å². The van der Waals surface area contributed by atoms with Gasteiger partial charge in [0.1, 0.15) is 11.7 Å². The van der Waals surface area contributed by atoms with E-state index in [-0.39, 0.29) is 27.8 Å². The second kappa shape index (κ2) is 10.6. The Labute approximate surface area is 209 Å². The molecule has 0 aliphatic heterocycles. The van der Waals surface area contributed by atoms with Crippen LogP contribution in [-0.2, 0) is 4.79 Å². The maximum absolute atomic E-state index is 14.7. The van der Waals surface area contributed by atoms with E-state index in [1.807, 2.05) is 0 Å². The van der Waals surface area contributed by atoms with Gasteiger partial charge in [-0.1, -0.05) is 36.9 Å². The van der Waals surface area contributed by atoms with Crippen molar-refractivity contribution in [2.75, 3.05) is 5.32 Å². The first kappa shape index (κ1) is 25.5. The topological polar surface area (TPSA) is 93.3 Å². The summed E-state index contributed by atoms with van der Waals surface area (Å²) in [4.78, 5) is 24.3. The van der Waals surface area contributed by atoms with Crippen LogP contribution >= 0.6 is 11.6 Å². The summed E-state index contributed by atoms with van der Waals surface area (Å²) in [6.45, 7) is 0. The Morgan fingerprint density at radius 2 is 1.81 bits per heavy atom. The van der Waals surface area contributed by atoms with Crippen molar-refractivity contribution in [1.29, 1.82) is 0 Å². The van der Waals surface area contributed by atoms with E-state index in [0.717, 1.165) is 37.6 Å². The molecule has 1 aromatic heterocycles. The Balaban J connectivity index is 1.66. The SMILES string of the molecule is O=C(O)c1ccc(NC(=O)C(CC2CCC2)c2ccc(-c3c(C(F)F)ccc(Cl)c3F)c[n+]2[O-])cc1. The first-order valence-electron chi connectivity index (χ1n) is 11.3. The third kappa shape index (κ3) is 5.31. The van der Waals surface area contributed by atoms with Gasteiger partial charge in [0.2, 0.25) is 11.6 Å². The number of benzene rings is 2. The first-order chi connectivity index (χ1) is 17.2. The highest BCUT2D eigenvalue weighted by Gasteiger charge is 2.33. The maximum atomic E-state index is 14.7. The molecule has 0 bridgehead atoms. The van der Waals surface area contributed by atoms with Gasteiger partial charge < -0.3 is 15.6 Å².